The zero-order valence-corrected chi connectivity index (χ0v) is 14.2. The molecule has 1 saturated carbocycles. The van der Waals surface area contributed by atoms with E-state index < -0.39 is 0 Å². The fraction of sp³-hybridized carbons (Fsp3) is 0.200. The Morgan fingerprint density at radius 1 is 1.16 bits per heavy atom. The lowest BCUT2D eigenvalue weighted by Gasteiger charge is -2.24. The van der Waals surface area contributed by atoms with E-state index in [1.165, 1.54) is 6.07 Å². The summed E-state index contributed by atoms with van der Waals surface area (Å²) in [5.41, 5.74) is 0.898. The first kappa shape index (κ1) is 16.0. The minimum Gasteiger partial charge on any atom is -0.331 e. The Bertz CT molecular complexity index is 930. The van der Waals surface area contributed by atoms with Crippen LogP contribution >= 0.6 is 11.6 Å². The standard InChI is InChI=1S/C20H16ClFN2O/c21-18-6-3-7-19(22)17(18)12-24(14-8-9-14)20(25)16-11-23-10-13-4-1-2-5-15(13)16/h1-7,10-11,14H,8-9,12H2. The largest absolute Gasteiger partial charge is 0.331 e. The van der Waals surface area contributed by atoms with Crippen LogP contribution in [0.1, 0.15) is 28.8 Å². The molecule has 1 aromatic heterocycles. The van der Waals surface area contributed by atoms with Gasteiger partial charge in [0.1, 0.15) is 5.82 Å². The lowest BCUT2D eigenvalue weighted by atomic mass is 10.1. The van der Waals surface area contributed by atoms with Crippen molar-refractivity contribution in [3.8, 4) is 0 Å². The lowest BCUT2D eigenvalue weighted by Crippen LogP contribution is -2.33. The SMILES string of the molecule is O=C(c1cncc2ccccc12)N(Cc1c(F)cccc1Cl)C1CC1. The molecule has 1 heterocycles. The van der Waals surface area contributed by atoms with Crippen molar-refractivity contribution in [2.75, 3.05) is 0 Å². The molecule has 0 radical (unpaired) electrons. The van der Waals surface area contributed by atoms with Crippen molar-refractivity contribution >= 4 is 28.3 Å². The quantitative estimate of drug-likeness (QED) is 0.672. The highest BCUT2D eigenvalue weighted by Gasteiger charge is 2.34. The van der Waals surface area contributed by atoms with E-state index in [1.807, 2.05) is 24.3 Å². The van der Waals surface area contributed by atoms with E-state index in [0.717, 1.165) is 23.6 Å². The van der Waals surface area contributed by atoms with Gasteiger partial charge in [0.05, 0.1) is 12.1 Å². The number of rotatable bonds is 4. The molecule has 1 aliphatic rings. The van der Waals surface area contributed by atoms with Gasteiger partial charge in [0.25, 0.3) is 5.91 Å². The molecular formula is C20H16ClFN2O. The summed E-state index contributed by atoms with van der Waals surface area (Å²) in [5, 5.41) is 2.11. The van der Waals surface area contributed by atoms with Crippen LogP contribution in [0.4, 0.5) is 4.39 Å². The third kappa shape index (κ3) is 3.10. The highest BCUT2D eigenvalue weighted by molar-refractivity contribution is 6.31. The summed E-state index contributed by atoms with van der Waals surface area (Å²) < 4.78 is 14.2. The van der Waals surface area contributed by atoms with Crippen LogP contribution in [0.15, 0.2) is 54.9 Å². The van der Waals surface area contributed by atoms with E-state index in [0.29, 0.717) is 16.1 Å². The molecule has 3 nitrogen and oxygen atoms in total. The van der Waals surface area contributed by atoms with E-state index >= 15 is 0 Å². The fourth-order valence-electron chi connectivity index (χ4n) is 3.05. The molecule has 25 heavy (non-hydrogen) atoms. The number of hydrogen-bond acceptors (Lipinski definition) is 2. The summed E-state index contributed by atoms with van der Waals surface area (Å²) in [6.07, 6.45) is 5.18. The minimum absolute atomic E-state index is 0.127. The first-order valence-corrected chi connectivity index (χ1v) is 8.59. The Morgan fingerprint density at radius 3 is 2.72 bits per heavy atom. The molecule has 0 spiro atoms. The molecule has 0 aliphatic heterocycles. The normalized spacial score (nSPS) is 13.8. The number of carbonyl (C=O) groups is 1. The molecule has 5 heteroatoms. The maximum absolute atomic E-state index is 14.2. The van der Waals surface area contributed by atoms with Crippen molar-refractivity contribution in [3.63, 3.8) is 0 Å². The van der Waals surface area contributed by atoms with Crippen LogP contribution in [0.2, 0.25) is 5.02 Å². The molecule has 1 aliphatic carbocycles. The van der Waals surface area contributed by atoms with Gasteiger partial charge in [0.2, 0.25) is 0 Å². The van der Waals surface area contributed by atoms with Gasteiger partial charge in [-0.15, -0.1) is 0 Å². The summed E-state index contributed by atoms with van der Waals surface area (Å²) in [6.45, 7) is 0.165. The molecule has 0 atom stereocenters. The van der Waals surface area contributed by atoms with E-state index in [2.05, 4.69) is 4.98 Å². The van der Waals surface area contributed by atoms with E-state index in [4.69, 9.17) is 11.6 Å². The van der Waals surface area contributed by atoms with Gasteiger partial charge in [-0.25, -0.2) is 4.39 Å². The third-order valence-corrected chi connectivity index (χ3v) is 4.89. The van der Waals surface area contributed by atoms with Crippen LogP contribution in [0.3, 0.4) is 0 Å². The van der Waals surface area contributed by atoms with Gasteiger partial charge in [-0.2, -0.15) is 0 Å². The van der Waals surface area contributed by atoms with Crippen LogP contribution in [0, 0.1) is 5.82 Å². The summed E-state index contributed by atoms with van der Waals surface area (Å²) in [6, 6.07) is 12.4. The summed E-state index contributed by atoms with van der Waals surface area (Å²) >= 11 is 6.15. The third-order valence-electron chi connectivity index (χ3n) is 4.54. The van der Waals surface area contributed by atoms with E-state index in [-0.39, 0.29) is 24.3 Å². The number of aromatic nitrogens is 1. The van der Waals surface area contributed by atoms with Gasteiger partial charge < -0.3 is 4.90 Å². The van der Waals surface area contributed by atoms with Crippen LogP contribution in [0.5, 0.6) is 0 Å². The van der Waals surface area contributed by atoms with Gasteiger partial charge >= 0.3 is 0 Å². The predicted octanol–water partition coefficient (Wildman–Crippen LogP) is 4.83. The monoisotopic (exact) mass is 354 g/mol. The van der Waals surface area contributed by atoms with Crippen molar-refractivity contribution in [2.24, 2.45) is 0 Å². The number of hydrogen-bond donors (Lipinski definition) is 0. The molecule has 1 amide bonds. The second-order valence-corrected chi connectivity index (χ2v) is 6.68. The van der Waals surface area contributed by atoms with Gasteiger partial charge in [-0.05, 0) is 30.4 Å². The Labute approximate surface area is 150 Å². The maximum Gasteiger partial charge on any atom is 0.256 e. The van der Waals surface area contributed by atoms with Crippen LogP contribution in [-0.2, 0) is 6.54 Å². The number of carbonyl (C=O) groups excluding carboxylic acids is 1. The zero-order valence-electron chi connectivity index (χ0n) is 13.5. The first-order chi connectivity index (χ1) is 12.1. The van der Waals surface area contributed by atoms with Crippen molar-refractivity contribution in [3.05, 3.63) is 76.8 Å². The Morgan fingerprint density at radius 2 is 1.96 bits per heavy atom. The Hall–Kier alpha value is -2.46. The molecule has 3 aromatic rings. The van der Waals surface area contributed by atoms with Crippen LogP contribution in [-0.4, -0.2) is 21.8 Å². The number of amides is 1. The Kier molecular flexibility index (Phi) is 4.14. The average molecular weight is 355 g/mol. The van der Waals surface area contributed by atoms with Gasteiger partial charge in [0.15, 0.2) is 0 Å². The lowest BCUT2D eigenvalue weighted by molar-refractivity contribution is 0.0730. The number of nitrogens with zero attached hydrogens (tertiary/aromatic N) is 2. The van der Waals surface area contributed by atoms with Gasteiger partial charge in [-0.1, -0.05) is 41.9 Å². The molecule has 126 valence electrons. The molecule has 0 N–H and O–H groups in total. The molecule has 0 bridgehead atoms. The number of pyridine rings is 1. The first-order valence-electron chi connectivity index (χ1n) is 8.22. The van der Waals surface area contributed by atoms with E-state index in [1.54, 1.807) is 29.4 Å². The summed E-state index contributed by atoms with van der Waals surface area (Å²) in [7, 11) is 0. The van der Waals surface area contributed by atoms with Crippen LogP contribution in [0.25, 0.3) is 10.8 Å². The summed E-state index contributed by atoms with van der Waals surface area (Å²) in [5.74, 6) is -0.520. The zero-order chi connectivity index (χ0) is 17.4. The molecule has 4 rings (SSSR count). The second kappa shape index (κ2) is 6.45. The van der Waals surface area contributed by atoms with Crippen molar-refractivity contribution in [1.29, 1.82) is 0 Å². The van der Waals surface area contributed by atoms with E-state index in [9.17, 15) is 9.18 Å². The van der Waals surface area contributed by atoms with Crippen molar-refractivity contribution in [1.82, 2.24) is 9.88 Å². The molecule has 1 fully saturated rings. The molecular weight excluding hydrogens is 339 g/mol. The van der Waals surface area contributed by atoms with Gasteiger partial charge in [-0.3, -0.25) is 9.78 Å². The maximum atomic E-state index is 14.2. The Balaban J connectivity index is 1.73. The second-order valence-electron chi connectivity index (χ2n) is 6.27. The number of fused-ring (bicyclic) bond motifs is 1. The molecule has 0 unspecified atom stereocenters. The summed E-state index contributed by atoms with van der Waals surface area (Å²) in [4.78, 5) is 19.1. The van der Waals surface area contributed by atoms with Crippen LogP contribution < -0.4 is 0 Å². The number of benzene rings is 2. The highest BCUT2D eigenvalue weighted by atomic mass is 35.5. The smallest absolute Gasteiger partial charge is 0.256 e. The average Bonchev–Trinajstić information content (AvgIpc) is 3.45. The van der Waals surface area contributed by atoms with Crippen molar-refractivity contribution < 1.29 is 9.18 Å². The highest BCUT2D eigenvalue weighted by Crippen LogP contribution is 2.33. The minimum atomic E-state index is -0.387. The predicted molar refractivity (Wildman–Crippen MR) is 96.0 cm³/mol. The molecule has 2 aromatic carbocycles. The topological polar surface area (TPSA) is 33.2 Å². The number of halogens is 2. The fourth-order valence-corrected chi connectivity index (χ4v) is 3.27. The van der Waals surface area contributed by atoms with Gasteiger partial charge in [0, 0.05) is 34.4 Å². The molecule has 0 saturated heterocycles. The van der Waals surface area contributed by atoms with Crippen molar-refractivity contribution in [2.45, 2.75) is 25.4 Å².